The molecular weight excluding hydrogens is 596 g/mol. The smallest absolute Gasteiger partial charge is 0.407 e. The van der Waals surface area contributed by atoms with Crippen LogP contribution in [0.2, 0.25) is 0 Å². The van der Waals surface area contributed by atoms with E-state index in [1.165, 1.54) is 6.92 Å². The number of ether oxygens (including phenoxy) is 5. The summed E-state index contributed by atoms with van der Waals surface area (Å²) in [6, 6.07) is -0.313. The molecule has 1 saturated carbocycles. The summed E-state index contributed by atoms with van der Waals surface area (Å²) in [6.45, 7) is 12.6. The normalized spacial score (nSPS) is 19.1. The van der Waals surface area contributed by atoms with E-state index in [1.54, 1.807) is 6.92 Å². The molecule has 14 heteroatoms. The molecule has 45 heavy (non-hydrogen) atoms. The maximum Gasteiger partial charge on any atom is 0.407 e. The van der Waals surface area contributed by atoms with E-state index in [-0.39, 0.29) is 55.4 Å². The summed E-state index contributed by atoms with van der Waals surface area (Å²) >= 11 is 0. The van der Waals surface area contributed by atoms with Crippen LogP contribution in [0.25, 0.3) is 0 Å². The molecule has 1 rings (SSSR count). The quantitative estimate of drug-likeness (QED) is 0.0640. The van der Waals surface area contributed by atoms with Crippen molar-refractivity contribution in [1.29, 1.82) is 0 Å². The van der Waals surface area contributed by atoms with Crippen LogP contribution in [0.5, 0.6) is 0 Å². The molecule has 0 radical (unpaired) electrons. The Bertz CT molecular complexity index is 965. The van der Waals surface area contributed by atoms with E-state index in [4.69, 9.17) is 18.9 Å². The number of carbonyl (C=O) groups is 4. The highest BCUT2D eigenvalue weighted by Crippen LogP contribution is 2.45. The van der Waals surface area contributed by atoms with Crippen molar-refractivity contribution >= 4 is 24.2 Å². The third kappa shape index (κ3) is 19.1. The lowest BCUT2D eigenvalue weighted by Gasteiger charge is -2.46. The van der Waals surface area contributed by atoms with Crippen molar-refractivity contribution in [2.45, 2.75) is 105 Å². The maximum absolute atomic E-state index is 13.7. The molecule has 2 unspecified atom stereocenters. The Morgan fingerprint density at radius 2 is 1.42 bits per heavy atom. The number of hydrogen-bond acceptors (Lipinski definition) is 9. The van der Waals surface area contributed by atoms with Crippen LogP contribution in [0.15, 0.2) is 12.2 Å². The van der Waals surface area contributed by atoms with Crippen LogP contribution >= 0.6 is 0 Å². The molecular formula is C31H53F2N3O9. The highest BCUT2D eigenvalue weighted by molar-refractivity contribution is 5.86. The molecule has 0 aromatic heterocycles. The molecule has 0 saturated heterocycles. The van der Waals surface area contributed by atoms with Crippen molar-refractivity contribution < 1.29 is 51.6 Å². The van der Waals surface area contributed by atoms with E-state index >= 15 is 0 Å². The molecule has 0 spiro atoms. The van der Waals surface area contributed by atoms with Crippen LogP contribution in [0, 0.1) is 10.8 Å². The molecule has 1 aliphatic rings. The first kappa shape index (κ1) is 39.9. The molecule has 1 aliphatic carbocycles. The minimum atomic E-state index is -3.54. The second-order valence-electron chi connectivity index (χ2n) is 12.7. The molecule has 0 bridgehead atoms. The zero-order valence-electron chi connectivity index (χ0n) is 27.5. The van der Waals surface area contributed by atoms with E-state index in [1.807, 2.05) is 6.92 Å². The van der Waals surface area contributed by atoms with Gasteiger partial charge in [-0.15, -0.1) is 0 Å². The molecule has 260 valence electrons. The van der Waals surface area contributed by atoms with Gasteiger partial charge in [-0.25, -0.2) is 19.2 Å². The summed E-state index contributed by atoms with van der Waals surface area (Å²) in [5, 5.41) is 8.02. The average Bonchev–Trinajstić information content (AvgIpc) is 2.94. The summed E-state index contributed by atoms with van der Waals surface area (Å²) in [7, 11) is 0. The Kier molecular flexibility index (Phi) is 17.8. The third-order valence-corrected chi connectivity index (χ3v) is 7.02. The third-order valence-electron chi connectivity index (χ3n) is 7.02. The first-order chi connectivity index (χ1) is 21.1. The van der Waals surface area contributed by atoms with Gasteiger partial charge in [0.2, 0.25) is 0 Å². The van der Waals surface area contributed by atoms with Crippen molar-refractivity contribution in [3.63, 3.8) is 0 Å². The number of alkyl halides is 2. The zero-order chi connectivity index (χ0) is 33.9. The van der Waals surface area contributed by atoms with Gasteiger partial charge in [0.25, 0.3) is 0 Å². The molecule has 3 N–H and O–H groups in total. The van der Waals surface area contributed by atoms with E-state index in [0.29, 0.717) is 38.6 Å². The summed E-state index contributed by atoms with van der Waals surface area (Å²) in [6.07, 6.45) is 0.781. The molecule has 0 aromatic carbocycles. The van der Waals surface area contributed by atoms with Crippen LogP contribution in [0.1, 0.15) is 92.4 Å². The lowest BCUT2D eigenvalue weighted by Crippen LogP contribution is -2.50. The van der Waals surface area contributed by atoms with Crippen molar-refractivity contribution in [3.8, 4) is 0 Å². The van der Waals surface area contributed by atoms with Crippen LogP contribution in [-0.4, -0.2) is 82.5 Å². The predicted molar refractivity (Wildman–Crippen MR) is 163 cm³/mol. The predicted octanol–water partition coefficient (Wildman–Crippen LogP) is 5.84. The SMILES string of the molecule is C=C(C)C(=O)OCCNC(=O)OCCCCCCCOC(=O)NCC1(C)CC(NC(=O)OCC(F)(F)OCCC)CC(C)(C)C1. The van der Waals surface area contributed by atoms with Gasteiger partial charge in [-0.05, 0) is 56.3 Å². The van der Waals surface area contributed by atoms with Gasteiger partial charge in [0.05, 0.1) is 26.4 Å². The first-order valence-electron chi connectivity index (χ1n) is 15.7. The highest BCUT2D eigenvalue weighted by Gasteiger charge is 2.42. The van der Waals surface area contributed by atoms with Crippen LogP contribution in [-0.2, 0) is 28.5 Å². The number of alkyl carbamates (subject to hydrolysis) is 3. The first-order valence-corrected chi connectivity index (χ1v) is 15.7. The van der Waals surface area contributed by atoms with Gasteiger partial charge in [-0.3, -0.25) is 0 Å². The largest absolute Gasteiger partial charge is 0.460 e. The lowest BCUT2D eigenvalue weighted by molar-refractivity contribution is -0.256. The number of hydrogen-bond donors (Lipinski definition) is 3. The van der Waals surface area contributed by atoms with Gasteiger partial charge < -0.3 is 39.6 Å². The Hall–Kier alpha value is -3.16. The molecule has 0 aromatic rings. The zero-order valence-corrected chi connectivity index (χ0v) is 27.5. The number of unbranched alkanes of at least 4 members (excludes halogenated alkanes) is 4. The van der Waals surface area contributed by atoms with E-state index < -0.39 is 37.0 Å². The number of nitrogens with one attached hydrogen (secondary N) is 3. The fourth-order valence-corrected chi connectivity index (χ4v) is 5.39. The van der Waals surface area contributed by atoms with Gasteiger partial charge >= 0.3 is 30.4 Å². The number of esters is 1. The molecule has 3 amide bonds. The van der Waals surface area contributed by atoms with Gasteiger partial charge in [0, 0.05) is 18.2 Å². The van der Waals surface area contributed by atoms with Crippen molar-refractivity contribution in [2.24, 2.45) is 10.8 Å². The molecule has 1 fully saturated rings. The van der Waals surface area contributed by atoms with Crippen LogP contribution < -0.4 is 16.0 Å². The van der Waals surface area contributed by atoms with Crippen LogP contribution in [0.3, 0.4) is 0 Å². The second-order valence-corrected chi connectivity index (χ2v) is 12.7. The van der Waals surface area contributed by atoms with E-state index in [9.17, 15) is 28.0 Å². The summed E-state index contributed by atoms with van der Waals surface area (Å²) in [4.78, 5) is 47.4. The number of rotatable bonds is 20. The Labute approximate surface area is 265 Å². The standard InChI is InChI=1S/C31H53F2N3O9/c1-7-14-45-31(32,33)22-44-28(40)36-24-18-29(4,5)20-30(6,19-24)21-35-27(39)43-16-12-10-8-9-11-15-42-26(38)34-13-17-41-25(37)23(2)3/h24H,2,7-22H2,1,3-6H3,(H,34,38)(H,35,39)(H,36,40). The average molecular weight is 650 g/mol. The van der Waals surface area contributed by atoms with Gasteiger partial charge in [-0.2, -0.15) is 8.78 Å². The minimum Gasteiger partial charge on any atom is -0.460 e. The van der Waals surface area contributed by atoms with Gasteiger partial charge in [0.15, 0.2) is 6.61 Å². The number of amides is 3. The molecule has 0 heterocycles. The fourth-order valence-electron chi connectivity index (χ4n) is 5.39. The number of carbonyl (C=O) groups excluding carboxylic acids is 4. The summed E-state index contributed by atoms with van der Waals surface area (Å²) in [5.41, 5.74) is -0.234. The number of halogens is 2. The van der Waals surface area contributed by atoms with Crippen molar-refractivity contribution in [1.82, 2.24) is 16.0 Å². The lowest BCUT2D eigenvalue weighted by atomic mass is 9.62. The van der Waals surface area contributed by atoms with Crippen LogP contribution in [0.4, 0.5) is 23.2 Å². The second kappa shape index (κ2) is 20.1. The van der Waals surface area contributed by atoms with Gasteiger partial charge in [0.1, 0.15) is 6.61 Å². The topological polar surface area (TPSA) is 151 Å². The maximum atomic E-state index is 13.7. The monoisotopic (exact) mass is 649 g/mol. The summed E-state index contributed by atoms with van der Waals surface area (Å²) in [5.74, 6) is -0.510. The van der Waals surface area contributed by atoms with Crippen molar-refractivity contribution in [3.05, 3.63) is 12.2 Å². The molecule has 0 aliphatic heterocycles. The van der Waals surface area contributed by atoms with E-state index in [2.05, 4.69) is 41.1 Å². The Morgan fingerprint density at radius 1 is 0.822 bits per heavy atom. The molecule has 12 nitrogen and oxygen atoms in total. The Balaban J connectivity index is 2.21. The highest BCUT2D eigenvalue weighted by atomic mass is 19.3. The van der Waals surface area contributed by atoms with Gasteiger partial charge in [-0.1, -0.05) is 53.5 Å². The summed E-state index contributed by atoms with van der Waals surface area (Å²) < 4.78 is 51.7. The minimum absolute atomic E-state index is 0.0396. The van der Waals surface area contributed by atoms with Crippen molar-refractivity contribution in [2.75, 3.05) is 46.1 Å². The Morgan fingerprint density at radius 3 is 2.02 bits per heavy atom. The fraction of sp³-hybridized carbons (Fsp3) is 0.806. The van der Waals surface area contributed by atoms with E-state index in [0.717, 1.165) is 25.7 Å². The molecule has 2 atom stereocenters.